The first kappa shape index (κ1) is 11.5. The largest absolute Gasteiger partial charge is 0.465 e. The van der Waals surface area contributed by atoms with Crippen LogP contribution in [0.3, 0.4) is 0 Å². The SMILES string of the molecule is COC(=O)c1cc(C#N)cc(CCl)c1C. The molecule has 0 atom stereocenters. The number of methoxy groups -OCH3 is 1. The molecule has 15 heavy (non-hydrogen) atoms. The Morgan fingerprint density at radius 1 is 1.60 bits per heavy atom. The Hall–Kier alpha value is -1.53. The lowest BCUT2D eigenvalue weighted by molar-refractivity contribution is 0.0599. The number of halogens is 1. The molecule has 0 saturated heterocycles. The fourth-order valence-electron chi connectivity index (χ4n) is 1.30. The van der Waals surface area contributed by atoms with Gasteiger partial charge >= 0.3 is 5.97 Å². The first-order chi connectivity index (χ1) is 7.13. The predicted octanol–water partition coefficient (Wildman–Crippen LogP) is 2.39. The average Bonchev–Trinajstić information content (AvgIpc) is 2.28. The van der Waals surface area contributed by atoms with Crippen molar-refractivity contribution in [3.63, 3.8) is 0 Å². The number of nitrogens with zero attached hydrogens (tertiary/aromatic N) is 1. The van der Waals surface area contributed by atoms with E-state index in [1.807, 2.05) is 6.07 Å². The third-order valence-electron chi connectivity index (χ3n) is 2.19. The number of esters is 1. The van der Waals surface area contributed by atoms with Gasteiger partial charge in [-0.2, -0.15) is 5.26 Å². The fourth-order valence-corrected chi connectivity index (χ4v) is 1.58. The van der Waals surface area contributed by atoms with Crippen molar-refractivity contribution in [1.82, 2.24) is 0 Å². The summed E-state index contributed by atoms with van der Waals surface area (Å²) in [6.07, 6.45) is 0. The van der Waals surface area contributed by atoms with Gasteiger partial charge in [-0.3, -0.25) is 0 Å². The smallest absolute Gasteiger partial charge is 0.338 e. The van der Waals surface area contributed by atoms with Gasteiger partial charge in [-0.25, -0.2) is 4.79 Å². The van der Waals surface area contributed by atoms with Crippen LogP contribution in [0.25, 0.3) is 0 Å². The molecule has 0 spiro atoms. The highest BCUT2D eigenvalue weighted by Gasteiger charge is 2.13. The highest BCUT2D eigenvalue weighted by molar-refractivity contribution is 6.17. The van der Waals surface area contributed by atoms with Crippen molar-refractivity contribution in [2.45, 2.75) is 12.8 Å². The van der Waals surface area contributed by atoms with Gasteiger partial charge in [-0.15, -0.1) is 11.6 Å². The van der Waals surface area contributed by atoms with Crippen LogP contribution in [-0.4, -0.2) is 13.1 Å². The van der Waals surface area contributed by atoms with Crippen LogP contribution in [0, 0.1) is 18.3 Å². The van der Waals surface area contributed by atoms with E-state index in [2.05, 4.69) is 4.74 Å². The number of ether oxygens (including phenoxy) is 1. The van der Waals surface area contributed by atoms with E-state index >= 15 is 0 Å². The van der Waals surface area contributed by atoms with Crippen LogP contribution in [-0.2, 0) is 10.6 Å². The van der Waals surface area contributed by atoms with Gasteiger partial charge in [0.25, 0.3) is 0 Å². The maximum Gasteiger partial charge on any atom is 0.338 e. The van der Waals surface area contributed by atoms with E-state index < -0.39 is 5.97 Å². The van der Waals surface area contributed by atoms with E-state index in [-0.39, 0.29) is 5.88 Å². The summed E-state index contributed by atoms with van der Waals surface area (Å²) >= 11 is 5.72. The van der Waals surface area contributed by atoms with Crippen LogP contribution >= 0.6 is 11.6 Å². The molecule has 0 fully saturated rings. The quantitative estimate of drug-likeness (QED) is 0.571. The molecule has 0 aliphatic carbocycles. The molecule has 0 amide bonds. The lowest BCUT2D eigenvalue weighted by Gasteiger charge is -2.08. The van der Waals surface area contributed by atoms with Gasteiger partial charge in [0.1, 0.15) is 0 Å². The Balaban J connectivity index is 3.38. The second kappa shape index (κ2) is 4.81. The molecule has 0 aromatic heterocycles. The minimum absolute atomic E-state index is 0.269. The van der Waals surface area contributed by atoms with Gasteiger partial charge in [-0.1, -0.05) is 0 Å². The minimum Gasteiger partial charge on any atom is -0.465 e. The van der Waals surface area contributed by atoms with Crippen molar-refractivity contribution in [1.29, 1.82) is 5.26 Å². The summed E-state index contributed by atoms with van der Waals surface area (Å²) < 4.78 is 4.62. The van der Waals surface area contributed by atoms with Crippen molar-refractivity contribution in [3.05, 3.63) is 34.4 Å². The van der Waals surface area contributed by atoms with Gasteiger partial charge in [0.2, 0.25) is 0 Å². The van der Waals surface area contributed by atoms with E-state index in [1.54, 1.807) is 13.0 Å². The van der Waals surface area contributed by atoms with E-state index in [9.17, 15) is 4.79 Å². The Labute approximate surface area is 93.2 Å². The molecule has 0 saturated carbocycles. The maximum absolute atomic E-state index is 11.4. The van der Waals surface area contributed by atoms with E-state index in [4.69, 9.17) is 16.9 Å². The molecule has 1 aromatic rings. The van der Waals surface area contributed by atoms with Crippen molar-refractivity contribution >= 4 is 17.6 Å². The molecule has 0 bridgehead atoms. The number of benzene rings is 1. The zero-order valence-electron chi connectivity index (χ0n) is 8.50. The monoisotopic (exact) mass is 223 g/mol. The number of carbonyl (C=O) groups excluding carboxylic acids is 1. The second-order valence-electron chi connectivity index (χ2n) is 3.04. The molecule has 0 unspecified atom stereocenters. The van der Waals surface area contributed by atoms with Crippen LogP contribution in [0.15, 0.2) is 12.1 Å². The molecule has 0 radical (unpaired) electrons. The zero-order chi connectivity index (χ0) is 11.4. The third kappa shape index (κ3) is 2.28. The molecule has 78 valence electrons. The Kier molecular flexibility index (Phi) is 3.70. The van der Waals surface area contributed by atoms with Crippen molar-refractivity contribution in [2.75, 3.05) is 7.11 Å². The van der Waals surface area contributed by atoms with Crippen LogP contribution < -0.4 is 0 Å². The minimum atomic E-state index is -0.448. The number of nitriles is 1. The third-order valence-corrected chi connectivity index (χ3v) is 2.48. The van der Waals surface area contributed by atoms with Crippen LogP contribution in [0.2, 0.25) is 0 Å². The Bertz CT molecular complexity index is 435. The molecule has 0 N–H and O–H groups in total. The summed E-state index contributed by atoms with van der Waals surface area (Å²) in [5.74, 6) is -0.179. The number of alkyl halides is 1. The standard InChI is InChI=1S/C11H10ClNO2/c1-7-9(5-12)3-8(6-13)4-10(7)11(14)15-2/h3-4H,5H2,1-2H3. The fraction of sp³-hybridized carbons (Fsp3) is 0.273. The first-order valence-corrected chi connectivity index (χ1v) is 4.85. The molecule has 1 rings (SSSR count). The molecule has 0 aliphatic rings. The number of rotatable bonds is 2. The summed E-state index contributed by atoms with van der Waals surface area (Å²) in [6, 6.07) is 5.17. The van der Waals surface area contributed by atoms with E-state index in [1.165, 1.54) is 13.2 Å². The van der Waals surface area contributed by atoms with Gasteiger partial charge in [0.15, 0.2) is 0 Å². The molecule has 0 heterocycles. The maximum atomic E-state index is 11.4. The van der Waals surface area contributed by atoms with Gasteiger partial charge in [-0.05, 0) is 30.2 Å². The van der Waals surface area contributed by atoms with Crippen LogP contribution in [0.4, 0.5) is 0 Å². The molecule has 4 heteroatoms. The lowest BCUT2D eigenvalue weighted by Crippen LogP contribution is -2.06. The van der Waals surface area contributed by atoms with Gasteiger partial charge < -0.3 is 4.74 Å². The van der Waals surface area contributed by atoms with Crippen molar-refractivity contribution < 1.29 is 9.53 Å². The molecular weight excluding hydrogens is 214 g/mol. The summed E-state index contributed by atoms with van der Waals surface area (Å²) in [4.78, 5) is 11.4. The first-order valence-electron chi connectivity index (χ1n) is 4.32. The van der Waals surface area contributed by atoms with Crippen molar-refractivity contribution in [3.8, 4) is 6.07 Å². The number of hydrogen-bond acceptors (Lipinski definition) is 3. The predicted molar refractivity (Wildman–Crippen MR) is 56.8 cm³/mol. The molecule has 1 aromatic carbocycles. The summed E-state index contributed by atoms with van der Waals surface area (Å²) in [6.45, 7) is 1.78. The lowest BCUT2D eigenvalue weighted by atomic mass is 10.00. The highest BCUT2D eigenvalue weighted by Crippen LogP contribution is 2.19. The Morgan fingerprint density at radius 2 is 2.27 bits per heavy atom. The summed E-state index contributed by atoms with van der Waals surface area (Å²) in [5.41, 5.74) is 2.34. The van der Waals surface area contributed by atoms with E-state index in [0.29, 0.717) is 11.1 Å². The number of hydrogen-bond donors (Lipinski definition) is 0. The molecule has 3 nitrogen and oxygen atoms in total. The summed E-state index contributed by atoms with van der Waals surface area (Å²) in [5, 5.41) is 8.78. The second-order valence-corrected chi connectivity index (χ2v) is 3.31. The topological polar surface area (TPSA) is 50.1 Å². The summed E-state index contributed by atoms with van der Waals surface area (Å²) in [7, 11) is 1.31. The van der Waals surface area contributed by atoms with Gasteiger partial charge in [0, 0.05) is 5.88 Å². The zero-order valence-corrected chi connectivity index (χ0v) is 9.26. The van der Waals surface area contributed by atoms with Gasteiger partial charge in [0.05, 0.1) is 24.3 Å². The normalized spacial score (nSPS) is 9.47. The number of carbonyl (C=O) groups is 1. The average molecular weight is 224 g/mol. The van der Waals surface area contributed by atoms with E-state index in [0.717, 1.165) is 11.1 Å². The Morgan fingerprint density at radius 3 is 2.73 bits per heavy atom. The highest BCUT2D eigenvalue weighted by atomic mass is 35.5. The van der Waals surface area contributed by atoms with Crippen LogP contribution in [0.1, 0.15) is 27.0 Å². The van der Waals surface area contributed by atoms with Crippen LogP contribution in [0.5, 0.6) is 0 Å². The molecular formula is C11H10ClNO2. The van der Waals surface area contributed by atoms with Crippen molar-refractivity contribution in [2.24, 2.45) is 0 Å². The molecule has 0 aliphatic heterocycles.